The molecule has 1 N–H and O–H groups in total. The number of hydrogen-bond donors (Lipinski definition) is 1. The topological polar surface area (TPSA) is 187 Å². The predicted molar refractivity (Wildman–Crippen MR) is 126 cm³/mol. The van der Waals surface area contributed by atoms with Gasteiger partial charge in [0.15, 0.2) is 12.2 Å². The Hall–Kier alpha value is -4.04. The molecule has 1 fully saturated rings. The first kappa shape index (κ1) is 30.2. The zero-order valence-electron chi connectivity index (χ0n) is 21.2. The predicted octanol–water partition coefficient (Wildman–Crippen LogP) is 1.28. The van der Waals surface area contributed by atoms with Gasteiger partial charge < -0.3 is 33.5 Å². The van der Waals surface area contributed by atoms with Crippen LogP contribution in [0.25, 0.3) is 0 Å². The molecule has 1 heterocycles. The fourth-order valence-corrected chi connectivity index (χ4v) is 3.81. The normalized spacial score (nSPS) is 22.5. The lowest BCUT2D eigenvalue weighted by molar-refractivity contribution is -0.387. The van der Waals surface area contributed by atoms with E-state index in [-0.39, 0.29) is 23.3 Å². The molecule has 0 unspecified atom stereocenters. The Labute approximate surface area is 217 Å². The second kappa shape index (κ2) is 13.5. The van der Waals surface area contributed by atoms with Crippen molar-refractivity contribution >= 4 is 29.6 Å². The minimum Gasteiger partial charge on any atom is -0.463 e. The number of ether oxygens (including phenoxy) is 6. The van der Waals surface area contributed by atoms with Gasteiger partial charge in [0, 0.05) is 39.3 Å². The molecule has 5 atom stereocenters. The van der Waals surface area contributed by atoms with Gasteiger partial charge in [-0.1, -0.05) is 6.08 Å². The number of aliphatic hydroxyl groups is 1. The molecule has 1 aliphatic heterocycles. The molecule has 0 aromatic heterocycles. The summed E-state index contributed by atoms with van der Waals surface area (Å²) in [7, 11) is 0. The number of benzene rings is 1. The monoisotopic (exact) mass is 539 g/mol. The summed E-state index contributed by atoms with van der Waals surface area (Å²) in [6.45, 7) is 6.93. The molecule has 208 valence electrons. The van der Waals surface area contributed by atoms with Gasteiger partial charge in [-0.15, -0.1) is 6.58 Å². The maximum absolute atomic E-state index is 12.0. The molecule has 0 spiro atoms. The molecular formula is C24H29NO13. The van der Waals surface area contributed by atoms with E-state index < -0.39 is 78.4 Å². The van der Waals surface area contributed by atoms with Crippen LogP contribution in [0.2, 0.25) is 0 Å². The fraction of sp³-hybridized carbons (Fsp3) is 0.500. The van der Waals surface area contributed by atoms with Crippen molar-refractivity contribution in [2.75, 3.05) is 6.61 Å². The molecular weight excluding hydrogens is 510 g/mol. The van der Waals surface area contributed by atoms with Crippen LogP contribution >= 0.6 is 0 Å². The number of nitro groups is 1. The summed E-state index contributed by atoms with van der Waals surface area (Å²) in [6.07, 6.45) is -5.96. The van der Waals surface area contributed by atoms with Crippen LogP contribution in [0.3, 0.4) is 0 Å². The number of hydrogen-bond acceptors (Lipinski definition) is 13. The first-order chi connectivity index (χ1) is 17.9. The minimum atomic E-state index is -1.67. The van der Waals surface area contributed by atoms with E-state index in [4.69, 9.17) is 28.4 Å². The van der Waals surface area contributed by atoms with Crippen LogP contribution in [0.4, 0.5) is 5.69 Å². The molecule has 0 aliphatic carbocycles. The highest BCUT2D eigenvalue weighted by Gasteiger charge is 2.53. The van der Waals surface area contributed by atoms with Crippen molar-refractivity contribution in [3.05, 3.63) is 46.0 Å². The summed E-state index contributed by atoms with van der Waals surface area (Å²) >= 11 is 0. The zero-order chi connectivity index (χ0) is 28.6. The Morgan fingerprint density at radius 3 is 2.08 bits per heavy atom. The van der Waals surface area contributed by atoms with Crippen LogP contribution in [0.1, 0.15) is 38.8 Å². The standard InChI is InChI=1S/C24H29NO13/c1-6-7-17-8-16(10-26)9-18(25(31)32)20(17)38-24-23(36-15(5)30)22(35-14(4)29)21(34-13(3)28)19(37-24)11-33-12(2)27/h6,8-9,19,21-24,26H,1,7,10-11H2,2-5H3/t19-,21+,22+,23-,24+/m1/s1. The summed E-state index contributed by atoms with van der Waals surface area (Å²) in [4.78, 5) is 58.4. The van der Waals surface area contributed by atoms with Crippen molar-refractivity contribution in [2.24, 2.45) is 0 Å². The molecule has 1 aromatic carbocycles. The molecule has 14 nitrogen and oxygen atoms in total. The largest absolute Gasteiger partial charge is 0.463 e. The second-order valence-electron chi connectivity index (χ2n) is 8.20. The first-order valence-electron chi connectivity index (χ1n) is 11.4. The fourth-order valence-electron chi connectivity index (χ4n) is 3.81. The highest BCUT2D eigenvalue weighted by atomic mass is 16.7. The number of nitrogens with zero attached hydrogens (tertiary/aromatic N) is 1. The van der Waals surface area contributed by atoms with Gasteiger partial charge in [-0.05, 0) is 18.1 Å². The van der Waals surface area contributed by atoms with Crippen LogP contribution in [0.5, 0.6) is 5.75 Å². The SMILES string of the molecule is C=CCc1cc(CO)cc([N+](=O)[O-])c1O[C@@H]1O[C@H](COC(C)=O)[C@H](OC(C)=O)[C@H](OC(C)=O)[C@H]1OC(C)=O. The Balaban J connectivity index is 2.67. The lowest BCUT2D eigenvalue weighted by Crippen LogP contribution is -2.63. The highest BCUT2D eigenvalue weighted by molar-refractivity contribution is 5.68. The molecule has 1 aliphatic rings. The number of allylic oxidation sites excluding steroid dienone is 1. The van der Waals surface area contributed by atoms with E-state index in [0.29, 0.717) is 0 Å². The van der Waals surface area contributed by atoms with Gasteiger partial charge in [-0.3, -0.25) is 29.3 Å². The summed E-state index contributed by atoms with van der Waals surface area (Å²) in [5.41, 5.74) is -0.0743. The summed E-state index contributed by atoms with van der Waals surface area (Å²) in [5.74, 6) is -3.52. The van der Waals surface area contributed by atoms with Crippen molar-refractivity contribution in [1.82, 2.24) is 0 Å². The van der Waals surface area contributed by atoms with E-state index in [1.165, 1.54) is 12.1 Å². The lowest BCUT2D eigenvalue weighted by Gasteiger charge is -2.43. The van der Waals surface area contributed by atoms with Gasteiger partial charge in [0.2, 0.25) is 18.1 Å². The molecule has 0 amide bonds. The summed E-state index contributed by atoms with van der Waals surface area (Å²) < 4.78 is 32.7. The summed E-state index contributed by atoms with van der Waals surface area (Å²) in [5, 5.41) is 21.4. The first-order valence-corrected chi connectivity index (χ1v) is 11.4. The molecule has 14 heteroatoms. The third-order valence-electron chi connectivity index (χ3n) is 5.13. The number of esters is 4. The second-order valence-corrected chi connectivity index (χ2v) is 8.20. The molecule has 38 heavy (non-hydrogen) atoms. The van der Waals surface area contributed by atoms with Gasteiger partial charge in [-0.25, -0.2) is 0 Å². The lowest BCUT2D eigenvalue weighted by atomic mass is 9.97. The van der Waals surface area contributed by atoms with Gasteiger partial charge >= 0.3 is 29.6 Å². The van der Waals surface area contributed by atoms with Crippen molar-refractivity contribution in [3.63, 3.8) is 0 Å². The Morgan fingerprint density at radius 2 is 1.58 bits per heavy atom. The van der Waals surface area contributed by atoms with Crippen molar-refractivity contribution < 1.29 is 57.6 Å². The Bertz CT molecular complexity index is 1090. The number of carbonyl (C=O) groups excluding carboxylic acids is 4. The van der Waals surface area contributed by atoms with Crippen molar-refractivity contribution in [3.8, 4) is 5.75 Å². The average Bonchev–Trinajstić information content (AvgIpc) is 2.81. The minimum absolute atomic E-state index is 0.0787. The van der Waals surface area contributed by atoms with Gasteiger partial charge in [0.05, 0.1) is 11.5 Å². The van der Waals surface area contributed by atoms with E-state index in [1.807, 2.05) is 0 Å². The van der Waals surface area contributed by atoms with Crippen LogP contribution in [0.15, 0.2) is 24.8 Å². The molecule has 1 aromatic rings. The van der Waals surface area contributed by atoms with E-state index in [2.05, 4.69) is 6.58 Å². The third-order valence-corrected chi connectivity index (χ3v) is 5.13. The average molecular weight is 539 g/mol. The number of nitro benzene ring substituents is 1. The van der Waals surface area contributed by atoms with E-state index >= 15 is 0 Å². The molecule has 2 rings (SSSR count). The smallest absolute Gasteiger partial charge is 0.311 e. The van der Waals surface area contributed by atoms with Crippen molar-refractivity contribution in [1.29, 1.82) is 0 Å². The quantitative estimate of drug-likeness (QED) is 0.139. The molecule has 0 radical (unpaired) electrons. The van der Waals surface area contributed by atoms with Crippen LogP contribution in [-0.2, 0) is 55.9 Å². The number of aliphatic hydroxyl groups excluding tert-OH is 1. The third kappa shape index (κ3) is 7.98. The van der Waals surface area contributed by atoms with Crippen LogP contribution < -0.4 is 4.74 Å². The molecule has 1 saturated heterocycles. The van der Waals surface area contributed by atoms with Gasteiger partial charge in [-0.2, -0.15) is 0 Å². The maximum Gasteiger partial charge on any atom is 0.311 e. The molecule has 0 saturated carbocycles. The Morgan fingerprint density at radius 1 is 1.00 bits per heavy atom. The van der Waals surface area contributed by atoms with Crippen LogP contribution in [0, 0.1) is 10.1 Å². The maximum atomic E-state index is 12.0. The van der Waals surface area contributed by atoms with Gasteiger partial charge in [0.1, 0.15) is 12.7 Å². The zero-order valence-corrected chi connectivity index (χ0v) is 21.2. The van der Waals surface area contributed by atoms with Crippen molar-refractivity contribution in [2.45, 2.75) is 71.4 Å². The number of rotatable bonds is 11. The Kier molecular flexibility index (Phi) is 10.7. The molecule has 0 bridgehead atoms. The van der Waals surface area contributed by atoms with E-state index in [9.17, 15) is 34.4 Å². The number of carbonyl (C=O) groups is 4. The van der Waals surface area contributed by atoms with Crippen LogP contribution in [-0.4, -0.2) is 71.2 Å². The summed E-state index contributed by atoms with van der Waals surface area (Å²) in [6, 6.07) is 2.54. The highest BCUT2D eigenvalue weighted by Crippen LogP contribution is 2.38. The van der Waals surface area contributed by atoms with Gasteiger partial charge in [0.25, 0.3) is 0 Å². The van der Waals surface area contributed by atoms with E-state index in [1.54, 1.807) is 0 Å². The van der Waals surface area contributed by atoms with E-state index in [0.717, 1.165) is 33.8 Å².